The molecule has 148 valence electrons. The molecule has 0 fully saturated rings. The van der Waals surface area contributed by atoms with Gasteiger partial charge < -0.3 is 5.32 Å². The first-order valence-electron chi connectivity index (χ1n) is 9.11. The number of rotatable bonds is 4. The van der Waals surface area contributed by atoms with Gasteiger partial charge in [0.15, 0.2) is 11.3 Å². The molecule has 0 aliphatic rings. The quantitative estimate of drug-likeness (QED) is 0.496. The molecule has 9 nitrogen and oxygen atoms in total. The van der Waals surface area contributed by atoms with Crippen molar-refractivity contribution >= 4 is 28.4 Å². The Morgan fingerprint density at radius 3 is 2.90 bits per heavy atom. The van der Waals surface area contributed by atoms with Gasteiger partial charge in [-0.2, -0.15) is 10.2 Å². The number of hydrogen-bond donors (Lipinski definition) is 1. The van der Waals surface area contributed by atoms with Crippen LogP contribution in [-0.4, -0.2) is 40.3 Å². The van der Waals surface area contributed by atoms with Gasteiger partial charge in [0.05, 0.1) is 18.1 Å². The molecule has 0 spiro atoms. The first kappa shape index (κ1) is 17.9. The van der Waals surface area contributed by atoms with Crippen LogP contribution in [0.5, 0.6) is 0 Å². The Bertz CT molecular complexity index is 1410. The highest BCUT2D eigenvalue weighted by molar-refractivity contribution is 5.91. The zero-order valence-corrected chi connectivity index (χ0v) is 15.8. The van der Waals surface area contributed by atoms with Crippen LogP contribution in [0.2, 0.25) is 0 Å². The van der Waals surface area contributed by atoms with Crippen LogP contribution < -0.4 is 5.32 Å². The van der Waals surface area contributed by atoms with Crippen molar-refractivity contribution in [3.8, 4) is 11.3 Å². The van der Waals surface area contributed by atoms with E-state index in [0.717, 1.165) is 5.56 Å². The lowest BCUT2D eigenvalue weighted by Gasteiger charge is -2.07. The molecule has 1 aromatic carbocycles. The van der Waals surface area contributed by atoms with Crippen molar-refractivity contribution in [3.63, 3.8) is 0 Å². The molecule has 30 heavy (non-hydrogen) atoms. The number of benzene rings is 1. The van der Waals surface area contributed by atoms with Gasteiger partial charge in [0.25, 0.3) is 0 Å². The van der Waals surface area contributed by atoms with Crippen molar-refractivity contribution in [1.82, 2.24) is 34.3 Å². The second-order valence-corrected chi connectivity index (χ2v) is 6.78. The summed E-state index contributed by atoms with van der Waals surface area (Å²) in [7, 11) is 0. The van der Waals surface area contributed by atoms with E-state index in [2.05, 4.69) is 30.5 Å². The number of carbonyl (C=O) groups excluding carboxylic acids is 1. The Labute approximate surface area is 169 Å². The van der Waals surface area contributed by atoms with Crippen molar-refractivity contribution in [2.45, 2.75) is 13.5 Å². The third-order valence-electron chi connectivity index (χ3n) is 4.60. The summed E-state index contributed by atoms with van der Waals surface area (Å²) >= 11 is 0. The fourth-order valence-corrected chi connectivity index (χ4v) is 3.15. The Kier molecular flexibility index (Phi) is 4.16. The van der Waals surface area contributed by atoms with Crippen molar-refractivity contribution < 1.29 is 9.18 Å². The number of hydrogen-bond acceptors (Lipinski definition) is 6. The smallest absolute Gasteiger partial charge is 0.246 e. The lowest BCUT2D eigenvalue weighted by molar-refractivity contribution is -0.116. The summed E-state index contributed by atoms with van der Waals surface area (Å²) in [5, 5.41) is 11.0. The van der Waals surface area contributed by atoms with Crippen molar-refractivity contribution in [1.29, 1.82) is 0 Å². The highest BCUT2D eigenvalue weighted by Crippen LogP contribution is 2.23. The van der Waals surface area contributed by atoms with Gasteiger partial charge in [0.2, 0.25) is 5.91 Å². The van der Waals surface area contributed by atoms with Crippen LogP contribution in [0.15, 0.2) is 55.2 Å². The Balaban J connectivity index is 1.41. The van der Waals surface area contributed by atoms with E-state index in [-0.39, 0.29) is 18.3 Å². The molecular formula is C20H15FN8O. The average molecular weight is 402 g/mol. The van der Waals surface area contributed by atoms with Gasteiger partial charge in [-0.25, -0.2) is 28.5 Å². The van der Waals surface area contributed by atoms with Gasteiger partial charge >= 0.3 is 0 Å². The normalized spacial score (nSPS) is 11.3. The Morgan fingerprint density at radius 1 is 1.13 bits per heavy atom. The second kappa shape index (κ2) is 6.99. The van der Waals surface area contributed by atoms with Crippen LogP contribution in [0.4, 0.5) is 10.1 Å². The summed E-state index contributed by atoms with van der Waals surface area (Å²) < 4.78 is 17.4. The third kappa shape index (κ3) is 3.24. The standard InChI is InChI=1S/C20H15FN8O/c1-12-2-3-14(15(21)6-12)16-8-22-17-9-24-29(20(17)27-16)10-19(30)26-13-4-5-28-18(7-13)23-11-25-28/h2-9,11H,10H2,1H3,(H,26,30). The predicted molar refractivity (Wildman–Crippen MR) is 107 cm³/mol. The molecule has 1 amide bonds. The molecule has 1 N–H and O–H groups in total. The Hall–Kier alpha value is -4.21. The average Bonchev–Trinajstić information content (AvgIpc) is 3.34. The summed E-state index contributed by atoms with van der Waals surface area (Å²) in [6, 6.07) is 8.34. The van der Waals surface area contributed by atoms with E-state index < -0.39 is 0 Å². The molecule has 0 aliphatic carbocycles. The van der Waals surface area contributed by atoms with E-state index in [9.17, 15) is 9.18 Å². The monoisotopic (exact) mass is 402 g/mol. The third-order valence-corrected chi connectivity index (χ3v) is 4.60. The second-order valence-electron chi connectivity index (χ2n) is 6.78. The number of fused-ring (bicyclic) bond motifs is 2. The molecule has 5 aromatic rings. The molecule has 4 heterocycles. The van der Waals surface area contributed by atoms with Crippen LogP contribution in [0.25, 0.3) is 28.1 Å². The van der Waals surface area contributed by atoms with Crippen molar-refractivity contribution in [2.75, 3.05) is 5.32 Å². The number of carbonyl (C=O) groups is 1. The van der Waals surface area contributed by atoms with Gasteiger partial charge in [-0.3, -0.25) is 4.79 Å². The first-order chi connectivity index (χ1) is 14.6. The maximum Gasteiger partial charge on any atom is 0.246 e. The SMILES string of the molecule is Cc1ccc(-c2cnc3cnn(CC(=O)Nc4ccn5ncnc5c4)c3n2)c(F)c1. The van der Waals surface area contributed by atoms with Crippen molar-refractivity contribution in [2.24, 2.45) is 0 Å². The van der Waals surface area contributed by atoms with Gasteiger partial charge in [0.1, 0.15) is 24.2 Å². The number of nitrogens with zero attached hydrogens (tertiary/aromatic N) is 7. The topological polar surface area (TPSA) is 103 Å². The molecule has 0 unspecified atom stereocenters. The highest BCUT2D eigenvalue weighted by Gasteiger charge is 2.14. The van der Waals surface area contributed by atoms with Crippen LogP contribution in [0.3, 0.4) is 0 Å². The van der Waals surface area contributed by atoms with Crippen LogP contribution in [-0.2, 0) is 11.3 Å². The van der Waals surface area contributed by atoms with E-state index in [4.69, 9.17) is 0 Å². The summed E-state index contributed by atoms with van der Waals surface area (Å²) in [5.74, 6) is -0.672. The number of halogens is 1. The van der Waals surface area contributed by atoms with Crippen molar-refractivity contribution in [3.05, 3.63) is 66.6 Å². The first-order valence-corrected chi connectivity index (χ1v) is 9.11. The maximum absolute atomic E-state index is 14.3. The van der Waals surface area contributed by atoms with Gasteiger partial charge in [0, 0.05) is 23.5 Å². The van der Waals surface area contributed by atoms with E-state index in [0.29, 0.717) is 33.8 Å². The molecule has 0 atom stereocenters. The number of aryl methyl sites for hydroxylation is 1. The minimum absolute atomic E-state index is 0.0735. The van der Waals surface area contributed by atoms with Gasteiger partial charge in [-0.05, 0) is 30.7 Å². The van der Waals surface area contributed by atoms with E-state index >= 15 is 0 Å². The zero-order valence-electron chi connectivity index (χ0n) is 15.8. The summed E-state index contributed by atoms with van der Waals surface area (Å²) in [6.07, 6.45) is 6.15. The number of pyridine rings is 1. The fraction of sp³-hybridized carbons (Fsp3) is 0.100. The summed E-state index contributed by atoms with van der Waals surface area (Å²) in [4.78, 5) is 25.4. The van der Waals surface area contributed by atoms with Gasteiger partial charge in [-0.1, -0.05) is 6.07 Å². The number of anilines is 1. The lowest BCUT2D eigenvalue weighted by Crippen LogP contribution is -2.19. The molecule has 0 saturated heterocycles. The molecule has 0 aliphatic heterocycles. The Morgan fingerprint density at radius 2 is 2.03 bits per heavy atom. The zero-order chi connectivity index (χ0) is 20.7. The van der Waals surface area contributed by atoms with Crippen LogP contribution in [0.1, 0.15) is 5.56 Å². The summed E-state index contributed by atoms with van der Waals surface area (Å²) in [5.41, 5.74) is 3.66. The molecule has 0 radical (unpaired) electrons. The highest BCUT2D eigenvalue weighted by atomic mass is 19.1. The van der Waals surface area contributed by atoms with Crippen LogP contribution in [0, 0.1) is 12.7 Å². The van der Waals surface area contributed by atoms with E-state index in [1.165, 1.54) is 29.5 Å². The fourth-order valence-electron chi connectivity index (χ4n) is 3.15. The molecule has 4 aromatic heterocycles. The van der Waals surface area contributed by atoms with E-state index in [1.54, 1.807) is 35.0 Å². The molecule has 0 saturated carbocycles. The summed E-state index contributed by atoms with van der Waals surface area (Å²) in [6.45, 7) is 1.74. The maximum atomic E-state index is 14.3. The lowest BCUT2D eigenvalue weighted by atomic mass is 10.1. The minimum Gasteiger partial charge on any atom is -0.324 e. The number of aromatic nitrogens is 7. The largest absolute Gasteiger partial charge is 0.324 e. The number of nitrogens with one attached hydrogen (secondary N) is 1. The molecule has 0 bridgehead atoms. The van der Waals surface area contributed by atoms with Crippen LogP contribution >= 0.6 is 0 Å². The molecule has 10 heteroatoms. The number of amides is 1. The van der Waals surface area contributed by atoms with Gasteiger partial charge in [-0.15, -0.1) is 0 Å². The predicted octanol–water partition coefficient (Wildman–Crippen LogP) is 2.62. The van der Waals surface area contributed by atoms with E-state index in [1.807, 2.05) is 6.92 Å². The molecule has 5 rings (SSSR count). The molecular weight excluding hydrogens is 387 g/mol. The minimum atomic E-state index is -0.378.